The number of halogens is 1. The molecular formula is C21H23ClN6O2S. The summed E-state index contributed by atoms with van der Waals surface area (Å²) in [5, 5.41) is 7.87. The number of carbonyl (C=O) groups excluding carboxylic acids is 1. The Kier molecular flexibility index (Phi) is 6.64. The van der Waals surface area contributed by atoms with E-state index in [1.54, 1.807) is 30.3 Å². The second-order valence-corrected chi connectivity index (χ2v) is 8.14. The smallest absolute Gasteiger partial charge is 0.228 e. The molecule has 1 aromatic carbocycles. The summed E-state index contributed by atoms with van der Waals surface area (Å²) in [7, 11) is 1.64. The number of piperidine rings is 1. The minimum atomic E-state index is -0.0483. The van der Waals surface area contributed by atoms with Gasteiger partial charge in [-0.1, -0.05) is 23.7 Å². The van der Waals surface area contributed by atoms with Gasteiger partial charge in [0.25, 0.3) is 0 Å². The van der Waals surface area contributed by atoms with Gasteiger partial charge in [-0.25, -0.2) is 9.67 Å². The highest BCUT2D eigenvalue weighted by molar-refractivity contribution is 7.71. The first kappa shape index (κ1) is 21.5. The van der Waals surface area contributed by atoms with Gasteiger partial charge < -0.3 is 10.1 Å². The molecule has 1 aliphatic rings. The third-order valence-electron chi connectivity index (χ3n) is 5.35. The number of amides is 1. The Balaban J connectivity index is 1.35. The molecule has 0 unspecified atom stereocenters. The van der Waals surface area contributed by atoms with E-state index in [4.69, 9.17) is 28.6 Å². The lowest BCUT2D eigenvalue weighted by molar-refractivity contribution is -0.121. The first-order valence-corrected chi connectivity index (χ1v) is 10.8. The van der Waals surface area contributed by atoms with Crippen molar-refractivity contribution in [3.8, 4) is 11.4 Å². The Morgan fingerprint density at radius 3 is 2.74 bits per heavy atom. The number of carbonyl (C=O) groups is 1. The Morgan fingerprint density at radius 2 is 2.03 bits per heavy atom. The molecule has 3 heterocycles. The molecule has 1 N–H and O–H groups in total. The van der Waals surface area contributed by atoms with Crippen LogP contribution in [0.4, 0.5) is 5.82 Å². The van der Waals surface area contributed by atoms with Gasteiger partial charge >= 0.3 is 0 Å². The van der Waals surface area contributed by atoms with E-state index in [0.29, 0.717) is 22.3 Å². The number of nitrogens with one attached hydrogen (secondary N) is 1. The van der Waals surface area contributed by atoms with Crippen LogP contribution < -0.4 is 10.1 Å². The third-order valence-corrected chi connectivity index (χ3v) is 5.98. The van der Waals surface area contributed by atoms with Crippen LogP contribution in [0.1, 0.15) is 12.8 Å². The van der Waals surface area contributed by atoms with Crippen molar-refractivity contribution in [1.29, 1.82) is 0 Å². The standard InChI is InChI=1S/C21H23ClN6O2S/c1-30-18-5-3-2-4-17(18)27-13-24-28(21(27)31)14-26-10-8-15(9-11-26)20(29)25-19-7-6-16(22)12-23-19/h2-7,12-13,15H,8-11,14H2,1H3,(H,23,25,29). The molecule has 0 saturated carbocycles. The molecule has 0 radical (unpaired) electrons. The average molecular weight is 459 g/mol. The van der Waals surface area contributed by atoms with Crippen LogP contribution in [0.15, 0.2) is 48.9 Å². The van der Waals surface area contributed by atoms with Crippen molar-refractivity contribution in [2.24, 2.45) is 5.92 Å². The van der Waals surface area contributed by atoms with Gasteiger partial charge in [-0.2, -0.15) is 5.10 Å². The lowest BCUT2D eigenvalue weighted by Crippen LogP contribution is -2.39. The van der Waals surface area contributed by atoms with Crippen LogP contribution in [0.2, 0.25) is 5.02 Å². The molecule has 1 fully saturated rings. The molecule has 1 aliphatic heterocycles. The maximum absolute atomic E-state index is 12.5. The van der Waals surface area contributed by atoms with Crippen molar-refractivity contribution in [2.75, 3.05) is 25.5 Å². The maximum atomic E-state index is 12.5. The van der Waals surface area contributed by atoms with Gasteiger partial charge in [0.05, 0.1) is 24.5 Å². The molecule has 0 spiro atoms. The molecule has 10 heteroatoms. The second-order valence-electron chi connectivity index (χ2n) is 7.34. The monoisotopic (exact) mass is 458 g/mol. The highest BCUT2D eigenvalue weighted by Crippen LogP contribution is 2.23. The minimum Gasteiger partial charge on any atom is -0.495 e. The van der Waals surface area contributed by atoms with Gasteiger partial charge in [-0.3, -0.25) is 14.3 Å². The highest BCUT2D eigenvalue weighted by Gasteiger charge is 2.25. The lowest BCUT2D eigenvalue weighted by atomic mass is 9.96. The van der Waals surface area contributed by atoms with Gasteiger partial charge in [-0.15, -0.1) is 0 Å². The summed E-state index contributed by atoms with van der Waals surface area (Å²) < 4.78 is 9.66. The number of likely N-dealkylation sites (tertiary alicyclic amines) is 1. The van der Waals surface area contributed by atoms with Gasteiger partial charge in [0, 0.05) is 25.2 Å². The van der Waals surface area contributed by atoms with E-state index in [2.05, 4.69) is 20.3 Å². The zero-order valence-electron chi connectivity index (χ0n) is 17.1. The summed E-state index contributed by atoms with van der Waals surface area (Å²) >= 11 is 11.5. The molecule has 162 valence electrons. The van der Waals surface area contributed by atoms with E-state index in [1.807, 2.05) is 28.8 Å². The Bertz CT molecular complexity index is 1110. The fourth-order valence-electron chi connectivity index (χ4n) is 3.63. The molecule has 3 aromatic rings. The summed E-state index contributed by atoms with van der Waals surface area (Å²) in [6.45, 7) is 2.15. The van der Waals surface area contributed by atoms with Crippen molar-refractivity contribution < 1.29 is 9.53 Å². The summed E-state index contributed by atoms with van der Waals surface area (Å²) in [5.41, 5.74) is 0.854. The number of para-hydroxylation sites is 2. The summed E-state index contributed by atoms with van der Waals surface area (Å²) in [4.78, 5) is 18.9. The Labute approximate surface area is 190 Å². The number of methoxy groups -OCH3 is 1. The van der Waals surface area contributed by atoms with Crippen LogP contribution in [0.25, 0.3) is 5.69 Å². The number of pyridine rings is 1. The van der Waals surface area contributed by atoms with E-state index < -0.39 is 0 Å². The second kappa shape index (κ2) is 9.59. The van der Waals surface area contributed by atoms with E-state index in [1.165, 1.54) is 6.20 Å². The Morgan fingerprint density at radius 1 is 1.26 bits per heavy atom. The number of anilines is 1. The number of hydrogen-bond donors (Lipinski definition) is 1. The largest absolute Gasteiger partial charge is 0.495 e. The molecule has 2 aromatic heterocycles. The molecule has 0 aliphatic carbocycles. The van der Waals surface area contributed by atoms with Crippen molar-refractivity contribution in [3.05, 3.63) is 58.7 Å². The van der Waals surface area contributed by atoms with Crippen LogP contribution in [0.3, 0.4) is 0 Å². The molecule has 4 rings (SSSR count). The Hall–Kier alpha value is -2.75. The normalized spacial score (nSPS) is 15.0. The quantitative estimate of drug-likeness (QED) is 0.566. The first-order chi connectivity index (χ1) is 15.0. The summed E-state index contributed by atoms with van der Waals surface area (Å²) in [6.07, 6.45) is 4.76. The molecule has 8 nitrogen and oxygen atoms in total. The first-order valence-electron chi connectivity index (χ1n) is 9.98. The number of nitrogens with zero attached hydrogens (tertiary/aromatic N) is 5. The van der Waals surface area contributed by atoms with Gasteiger partial charge in [0.15, 0.2) is 0 Å². The van der Waals surface area contributed by atoms with Gasteiger partial charge in [-0.05, 0) is 49.3 Å². The number of ether oxygens (including phenoxy) is 1. The zero-order chi connectivity index (χ0) is 21.8. The minimum absolute atomic E-state index is 0.00784. The molecule has 1 amide bonds. The van der Waals surface area contributed by atoms with Crippen LogP contribution in [0, 0.1) is 10.7 Å². The predicted octanol–water partition coefficient (Wildman–Crippen LogP) is 3.77. The van der Waals surface area contributed by atoms with Crippen molar-refractivity contribution in [3.63, 3.8) is 0 Å². The lowest BCUT2D eigenvalue weighted by Gasteiger charge is -2.30. The molecule has 31 heavy (non-hydrogen) atoms. The average Bonchev–Trinajstić information content (AvgIpc) is 3.15. The molecular weight excluding hydrogens is 436 g/mol. The van der Waals surface area contributed by atoms with Gasteiger partial charge in [0.2, 0.25) is 10.7 Å². The van der Waals surface area contributed by atoms with Crippen LogP contribution >= 0.6 is 23.8 Å². The molecule has 0 bridgehead atoms. The number of aromatic nitrogens is 4. The van der Waals surface area contributed by atoms with Crippen molar-refractivity contribution in [1.82, 2.24) is 24.2 Å². The number of hydrogen-bond acceptors (Lipinski definition) is 6. The van der Waals surface area contributed by atoms with Crippen molar-refractivity contribution in [2.45, 2.75) is 19.5 Å². The van der Waals surface area contributed by atoms with E-state index in [-0.39, 0.29) is 11.8 Å². The fourth-order valence-corrected chi connectivity index (χ4v) is 3.99. The van der Waals surface area contributed by atoms with Crippen molar-refractivity contribution >= 4 is 35.5 Å². The highest BCUT2D eigenvalue weighted by atomic mass is 35.5. The van der Waals surface area contributed by atoms with E-state index in [9.17, 15) is 4.79 Å². The van der Waals surface area contributed by atoms with Gasteiger partial charge in [0.1, 0.15) is 17.9 Å². The third kappa shape index (κ3) is 4.95. The van der Waals surface area contributed by atoms with Crippen LogP contribution in [0.5, 0.6) is 5.75 Å². The summed E-state index contributed by atoms with van der Waals surface area (Å²) in [5.74, 6) is 1.20. The summed E-state index contributed by atoms with van der Waals surface area (Å²) in [6, 6.07) is 11.1. The molecule has 0 atom stereocenters. The van der Waals surface area contributed by atoms with Crippen LogP contribution in [-0.4, -0.2) is 50.3 Å². The van der Waals surface area contributed by atoms with E-state index in [0.717, 1.165) is 37.4 Å². The fraction of sp³-hybridized carbons (Fsp3) is 0.333. The topological polar surface area (TPSA) is 77.2 Å². The number of rotatable bonds is 6. The SMILES string of the molecule is COc1ccccc1-n1cnn(CN2CCC(C(=O)Nc3ccc(Cl)cn3)CC2)c1=S. The van der Waals surface area contributed by atoms with Crippen LogP contribution in [-0.2, 0) is 11.5 Å². The zero-order valence-corrected chi connectivity index (χ0v) is 18.6. The molecule has 1 saturated heterocycles. The maximum Gasteiger partial charge on any atom is 0.228 e. The van der Waals surface area contributed by atoms with E-state index >= 15 is 0 Å². The number of benzene rings is 1. The predicted molar refractivity (Wildman–Crippen MR) is 121 cm³/mol.